The van der Waals surface area contributed by atoms with Gasteiger partial charge in [-0.05, 0) is 12.1 Å². The van der Waals surface area contributed by atoms with Crippen LogP contribution in [0.4, 0.5) is 10.8 Å². The molecule has 0 saturated carbocycles. The van der Waals surface area contributed by atoms with Crippen molar-refractivity contribution in [2.24, 2.45) is 0 Å². The quantitative estimate of drug-likeness (QED) is 0.352. The van der Waals surface area contributed by atoms with Crippen molar-refractivity contribution in [3.05, 3.63) is 75.9 Å². The van der Waals surface area contributed by atoms with E-state index < -0.39 is 10.8 Å². The number of aromatic amines is 1. The van der Waals surface area contributed by atoms with Gasteiger partial charge in [0.25, 0.3) is 11.6 Å². The molecule has 2 N–H and O–H groups in total. The molecule has 0 fully saturated rings. The Kier molecular flexibility index (Phi) is 5.22. The highest BCUT2D eigenvalue weighted by atomic mass is 32.1. The van der Waals surface area contributed by atoms with E-state index >= 15 is 0 Å². The first-order valence-electron chi connectivity index (χ1n) is 8.75. The van der Waals surface area contributed by atoms with Gasteiger partial charge < -0.3 is 9.72 Å². The summed E-state index contributed by atoms with van der Waals surface area (Å²) in [5.74, 6) is 0.502. The van der Waals surface area contributed by atoms with Gasteiger partial charge in [-0.3, -0.25) is 20.2 Å². The second kappa shape index (κ2) is 8.13. The largest absolute Gasteiger partial charge is 0.497 e. The Hall–Kier alpha value is -4.05. The molecule has 4 aromatic rings. The van der Waals surface area contributed by atoms with Crippen LogP contribution in [0.3, 0.4) is 0 Å². The number of rotatable bonds is 6. The number of carbonyl (C=O) groups excluding carboxylic acids is 1. The Bertz CT molecular complexity index is 1220. The lowest BCUT2D eigenvalue weighted by atomic mass is 10.1. The lowest BCUT2D eigenvalue weighted by Crippen LogP contribution is -2.13. The van der Waals surface area contributed by atoms with E-state index in [9.17, 15) is 14.9 Å². The van der Waals surface area contributed by atoms with Crippen LogP contribution in [0.25, 0.3) is 22.6 Å². The van der Waals surface area contributed by atoms with Crippen LogP contribution in [-0.4, -0.2) is 32.9 Å². The molecule has 30 heavy (non-hydrogen) atoms. The first-order valence-corrected chi connectivity index (χ1v) is 9.63. The molecule has 0 bridgehead atoms. The third kappa shape index (κ3) is 3.89. The molecule has 2 aromatic heterocycles. The first-order chi connectivity index (χ1) is 14.5. The summed E-state index contributed by atoms with van der Waals surface area (Å²) in [6, 6.07) is 13.2. The molecule has 0 atom stereocenters. The normalized spacial score (nSPS) is 10.6. The molecule has 0 aliphatic carbocycles. The molecule has 4 rings (SSSR count). The monoisotopic (exact) mass is 421 g/mol. The van der Waals surface area contributed by atoms with Crippen LogP contribution in [0.5, 0.6) is 5.75 Å². The molecule has 2 heterocycles. The lowest BCUT2D eigenvalue weighted by molar-refractivity contribution is -0.384. The number of imidazole rings is 1. The van der Waals surface area contributed by atoms with Crippen molar-refractivity contribution in [1.29, 1.82) is 0 Å². The second-order valence-corrected chi connectivity index (χ2v) is 7.03. The van der Waals surface area contributed by atoms with Crippen molar-refractivity contribution >= 4 is 28.1 Å². The van der Waals surface area contributed by atoms with Gasteiger partial charge in [-0.25, -0.2) is 9.97 Å². The van der Waals surface area contributed by atoms with Gasteiger partial charge in [0.2, 0.25) is 0 Å². The number of benzene rings is 2. The zero-order chi connectivity index (χ0) is 21.1. The Morgan fingerprint density at radius 2 is 2.00 bits per heavy atom. The Labute approximate surface area is 174 Å². The minimum absolute atomic E-state index is 0.0689. The molecule has 0 aliphatic heterocycles. The minimum Gasteiger partial charge on any atom is -0.497 e. The number of carbonyl (C=O) groups is 1. The van der Waals surface area contributed by atoms with Crippen LogP contribution in [0.2, 0.25) is 0 Å². The predicted molar refractivity (Wildman–Crippen MR) is 113 cm³/mol. The van der Waals surface area contributed by atoms with Crippen LogP contribution in [0, 0.1) is 10.1 Å². The second-order valence-electron chi connectivity index (χ2n) is 6.14. The third-order valence-electron chi connectivity index (χ3n) is 4.26. The molecule has 0 radical (unpaired) electrons. The van der Waals surface area contributed by atoms with E-state index in [0.29, 0.717) is 33.5 Å². The summed E-state index contributed by atoms with van der Waals surface area (Å²) in [6.45, 7) is 0. The Balaban J connectivity index is 1.81. The highest BCUT2D eigenvalue weighted by molar-refractivity contribution is 7.13. The summed E-state index contributed by atoms with van der Waals surface area (Å²) in [5, 5.41) is 16.0. The van der Waals surface area contributed by atoms with E-state index in [-0.39, 0.29) is 11.4 Å². The number of hydrogen-bond donors (Lipinski definition) is 2. The molecule has 9 nitrogen and oxygen atoms in total. The van der Waals surface area contributed by atoms with E-state index in [0.717, 1.165) is 0 Å². The van der Waals surface area contributed by atoms with Gasteiger partial charge in [0, 0.05) is 34.8 Å². The van der Waals surface area contributed by atoms with E-state index in [1.807, 2.05) is 6.07 Å². The van der Waals surface area contributed by atoms with E-state index in [2.05, 4.69) is 20.3 Å². The molecule has 0 spiro atoms. The molecular weight excluding hydrogens is 406 g/mol. The number of nitro benzene ring substituents is 1. The number of aromatic nitrogens is 3. The number of non-ortho nitro benzene ring substituents is 1. The van der Waals surface area contributed by atoms with Gasteiger partial charge in [-0.1, -0.05) is 24.3 Å². The number of anilines is 1. The van der Waals surface area contributed by atoms with Crippen molar-refractivity contribution in [3.63, 3.8) is 0 Å². The van der Waals surface area contributed by atoms with E-state index in [4.69, 9.17) is 4.74 Å². The van der Waals surface area contributed by atoms with Crippen LogP contribution < -0.4 is 10.1 Å². The highest BCUT2D eigenvalue weighted by Gasteiger charge is 2.21. The number of ether oxygens (including phenoxy) is 1. The van der Waals surface area contributed by atoms with Crippen molar-refractivity contribution in [3.8, 4) is 28.4 Å². The molecule has 10 heteroatoms. The maximum atomic E-state index is 12.9. The average molecular weight is 421 g/mol. The summed E-state index contributed by atoms with van der Waals surface area (Å²) in [6.07, 6.45) is 1.59. The SMILES string of the molecule is COc1cccc(-c2[nH]c(-c3cccc([N+](=O)[O-])c3)nc2C(=O)Nc2nccs2)c1. The van der Waals surface area contributed by atoms with Gasteiger partial charge in [0.05, 0.1) is 17.7 Å². The molecule has 150 valence electrons. The van der Waals surface area contributed by atoms with Crippen molar-refractivity contribution < 1.29 is 14.5 Å². The van der Waals surface area contributed by atoms with Gasteiger partial charge in [0.1, 0.15) is 11.6 Å². The maximum Gasteiger partial charge on any atom is 0.278 e. The fourth-order valence-electron chi connectivity index (χ4n) is 2.87. The third-order valence-corrected chi connectivity index (χ3v) is 4.95. The average Bonchev–Trinajstić information content (AvgIpc) is 3.44. The van der Waals surface area contributed by atoms with Crippen LogP contribution in [0.1, 0.15) is 10.5 Å². The number of nitro groups is 1. The fourth-order valence-corrected chi connectivity index (χ4v) is 3.39. The Morgan fingerprint density at radius 1 is 1.20 bits per heavy atom. The molecule has 1 amide bonds. The lowest BCUT2D eigenvalue weighted by Gasteiger charge is -2.05. The van der Waals surface area contributed by atoms with Crippen molar-refractivity contribution in [2.75, 3.05) is 12.4 Å². The van der Waals surface area contributed by atoms with Gasteiger partial charge in [0.15, 0.2) is 10.8 Å². The van der Waals surface area contributed by atoms with E-state index in [1.54, 1.807) is 49.0 Å². The molecule has 0 unspecified atom stereocenters. The van der Waals surface area contributed by atoms with Crippen molar-refractivity contribution in [2.45, 2.75) is 0 Å². The topological polar surface area (TPSA) is 123 Å². The zero-order valence-corrected chi connectivity index (χ0v) is 16.5. The number of amides is 1. The van der Waals surface area contributed by atoms with E-state index in [1.165, 1.54) is 23.5 Å². The molecule has 0 aliphatic rings. The molecular formula is C20H15N5O4S. The highest BCUT2D eigenvalue weighted by Crippen LogP contribution is 2.30. The zero-order valence-electron chi connectivity index (χ0n) is 15.7. The Morgan fingerprint density at radius 3 is 2.73 bits per heavy atom. The fraction of sp³-hybridized carbons (Fsp3) is 0.0500. The van der Waals surface area contributed by atoms with Gasteiger partial charge in [-0.2, -0.15) is 0 Å². The minimum atomic E-state index is -0.481. The number of thiazole rings is 1. The number of nitrogens with zero attached hydrogens (tertiary/aromatic N) is 3. The molecule has 2 aromatic carbocycles. The number of H-pyrrole nitrogens is 1. The number of nitrogens with one attached hydrogen (secondary N) is 2. The van der Waals surface area contributed by atoms with Crippen molar-refractivity contribution in [1.82, 2.24) is 15.0 Å². The number of methoxy groups -OCH3 is 1. The smallest absolute Gasteiger partial charge is 0.278 e. The molecule has 0 saturated heterocycles. The summed E-state index contributed by atoms with van der Waals surface area (Å²) in [7, 11) is 1.55. The summed E-state index contributed by atoms with van der Waals surface area (Å²) >= 11 is 1.29. The maximum absolute atomic E-state index is 12.9. The van der Waals surface area contributed by atoms with Crippen LogP contribution in [0.15, 0.2) is 60.1 Å². The standard InChI is InChI=1S/C20H15N5O4S/c1-29-15-7-3-4-12(11-15)16-17(19(26)24-20-21-8-9-30-20)23-18(22-16)13-5-2-6-14(10-13)25(27)28/h2-11H,1H3,(H,22,23)(H,21,24,26). The van der Waals surface area contributed by atoms with Gasteiger partial charge in [-0.15, -0.1) is 11.3 Å². The van der Waals surface area contributed by atoms with Crippen LogP contribution in [-0.2, 0) is 0 Å². The van der Waals surface area contributed by atoms with Crippen LogP contribution >= 0.6 is 11.3 Å². The summed E-state index contributed by atoms with van der Waals surface area (Å²) in [5.41, 5.74) is 1.70. The predicted octanol–water partition coefficient (Wildman–Crippen LogP) is 4.37. The summed E-state index contributed by atoms with van der Waals surface area (Å²) in [4.78, 5) is 35.2. The van der Waals surface area contributed by atoms with Gasteiger partial charge >= 0.3 is 0 Å². The number of hydrogen-bond acceptors (Lipinski definition) is 7. The summed E-state index contributed by atoms with van der Waals surface area (Å²) < 4.78 is 5.28. The first kappa shape index (κ1) is 19.3.